The zero-order valence-corrected chi connectivity index (χ0v) is 22.4. The van der Waals surface area contributed by atoms with Crippen LogP contribution in [0, 0.1) is 6.92 Å². The van der Waals surface area contributed by atoms with Gasteiger partial charge in [-0.25, -0.2) is 4.79 Å². The molecule has 4 rings (SSSR count). The lowest BCUT2D eigenvalue weighted by molar-refractivity contribution is -0.138. The van der Waals surface area contributed by atoms with E-state index in [1.807, 2.05) is 37.3 Å². The quantitative estimate of drug-likeness (QED) is 0.194. The van der Waals surface area contributed by atoms with E-state index < -0.39 is 23.7 Å². The number of anilines is 2. The molecule has 8 nitrogen and oxygen atoms in total. The number of nitrogens with zero attached hydrogens (tertiary/aromatic N) is 1. The zero-order valence-electron chi connectivity index (χ0n) is 21.6. The molecule has 0 aliphatic carbocycles. The molecule has 0 saturated heterocycles. The van der Waals surface area contributed by atoms with Gasteiger partial charge in [-0.15, -0.1) is 0 Å². The van der Waals surface area contributed by atoms with Gasteiger partial charge in [-0.1, -0.05) is 67.4 Å². The first-order valence-electron chi connectivity index (χ1n) is 12.5. The fourth-order valence-electron chi connectivity index (χ4n) is 3.92. The molecular formula is C30H28ClN3O5. The maximum absolute atomic E-state index is 13.1. The molecule has 3 aromatic carbocycles. The Bertz CT molecular complexity index is 1450. The molecule has 3 aromatic rings. The van der Waals surface area contributed by atoms with Gasteiger partial charge in [-0.2, -0.15) is 0 Å². The van der Waals surface area contributed by atoms with Gasteiger partial charge in [0.05, 0.1) is 18.7 Å². The largest absolute Gasteiger partial charge is 0.462 e. The van der Waals surface area contributed by atoms with E-state index in [0.29, 0.717) is 29.1 Å². The number of halogens is 1. The molecule has 2 N–H and O–H groups in total. The van der Waals surface area contributed by atoms with Crippen molar-refractivity contribution in [1.82, 2.24) is 4.90 Å². The Labute approximate surface area is 231 Å². The number of unbranched alkanes of at least 4 members (excludes halogenated alkanes) is 1. The Morgan fingerprint density at radius 2 is 1.69 bits per heavy atom. The second-order valence-electron chi connectivity index (χ2n) is 9.05. The molecular weight excluding hydrogens is 518 g/mol. The molecule has 0 aromatic heterocycles. The Hall–Kier alpha value is -4.43. The highest BCUT2D eigenvalue weighted by atomic mass is 35.5. The number of benzene rings is 3. The third-order valence-electron chi connectivity index (χ3n) is 6.14. The van der Waals surface area contributed by atoms with Crippen molar-refractivity contribution in [2.24, 2.45) is 0 Å². The lowest BCUT2D eigenvalue weighted by Gasteiger charge is -2.16. The van der Waals surface area contributed by atoms with Crippen molar-refractivity contribution in [2.45, 2.75) is 33.2 Å². The van der Waals surface area contributed by atoms with Crippen molar-refractivity contribution in [3.8, 4) is 0 Å². The van der Waals surface area contributed by atoms with Crippen LogP contribution in [0.4, 0.5) is 11.4 Å². The van der Waals surface area contributed by atoms with Gasteiger partial charge in [0.2, 0.25) is 0 Å². The molecule has 0 saturated carbocycles. The number of ether oxygens (including phenoxy) is 1. The highest BCUT2D eigenvalue weighted by Crippen LogP contribution is 2.29. The molecule has 0 spiro atoms. The van der Waals surface area contributed by atoms with Crippen LogP contribution in [0.3, 0.4) is 0 Å². The number of amides is 3. The summed E-state index contributed by atoms with van der Waals surface area (Å²) in [6.45, 7) is 4.23. The van der Waals surface area contributed by atoms with E-state index in [2.05, 4.69) is 10.6 Å². The molecule has 3 amide bonds. The van der Waals surface area contributed by atoms with Gasteiger partial charge in [-0.3, -0.25) is 19.3 Å². The van der Waals surface area contributed by atoms with Gasteiger partial charge < -0.3 is 15.4 Å². The van der Waals surface area contributed by atoms with Crippen LogP contribution >= 0.6 is 11.6 Å². The normalized spacial score (nSPS) is 13.1. The average Bonchev–Trinajstić information content (AvgIpc) is 3.13. The Kier molecular flexibility index (Phi) is 8.78. The summed E-state index contributed by atoms with van der Waals surface area (Å²) in [4.78, 5) is 52.1. The summed E-state index contributed by atoms with van der Waals surface area (Å²) >= 11 is 6.26. The summed E-state index contributed by atoms with van der Waals surface area (Å²) in [6.07, 6.45) is 1.69. The topological polar surface area (TPSA) is 105 Å². The van der Waals surface area contributed by atoms with Crippen LogP contribution in [0.15, 0.2) is 83.5 Å². The van der Waals surface area contributed by atoms with Crippen LogP contribution in [0.5, 0.6) is 0 Å². The van der Waals surface area contributed by atoms with Crippen LogP contribution in [0.2, 0.25) is 0 Å². The number of carbonyl (C=O) groups is 4. The summed E-state index contributed by atoms with van der Waals surface area (Å²) in [5, 5.41) is 5.52. The maximum atomic E-state index is 13.1. The molecule has 1 aliphatic rings. The van der Waals surface area contributed by atoms with Gasteiger partial charge in [0.15, 0.2) is 0 Å². The van der Waals surface area contributed by atoms with Gasteiger partial charge in [0.25, 0.3) is 17.7 Å². The van der Waals surface area contributed by atoms with Gasteiger partial charge in [0.1, 0.15) is 10.7 Å². The predicted octanol–water partition coefficient (Wildman–Crippen LogP) is 5.64. The Morgan fingerprint density at radius 3 is 2.44 bits per heavy atom. The lowest BCUT2D eigenvalue weighted by Crippen LogP contribution is -2.31. The van der Waals surface area contributed by atoms with Crippen LogP contribution in [-0.4, -0.2) is 35.2 Å². The molecule has 9 heteroatoms. The molecule has 0 unspecified atom stereocenters. The van der Waals surface area contributed by atoms with E-state index in [4.69, 9.17) is 16.3 Å². The third kappa shape index (κ3) is 6.53. The van der Waals surface area contributed by atoms with E-state index in [9.17, 15) is 19.2 Å². The van der Waals surface area contributed by atoms with E-state index >= 15 is 0 Å². The van der Waals surface area contributed by atoms with Crippen molar-refractivity contribution in [2.75, 3.05) is 17.2 Å². The summed E-state index contributed by atoms with van der Waals surface area (Å²) in [6, 6.07) is 20.6. The maximum Gasteiger partial charge on any atom is 0.338 e. The minimum absolute atomic E-state index is 0.0486. The first-order chi connectivity index (χ1) is 18.8. The summed E-state index contributed by atoms with van der Waals surface area (Å²) in [5.74, 6) is -2.02. The van der Waals surface area contributed by atoms with Gasteiger partial charge >= 0.3 is 5.97 Å². The van der Waals surface area contributed by atoms with Crippen molar-refractivity contribution in [1.29, 1.82) is 0 Å². The zero-order chi connectivity index (χ0) is 27.9. The second kappa shape index (κ2) is 12.4. The number of carbonyl (C=O) groups excluding carboxylic acids is 4. The van der Waals surface area contributed by atoms with Gasteiger partial charge in [0, 0.05) is 16.9 Å². The number of esters is 1. The van der Waals surface area contributed by atoms with Crippen LogP contribution in [0.25, 0.3) is 0 Å². The summed E-state index contributed by atoms with van der Waals surface area (Å²) < 4.78 is 5.24. The molecule has 0 fully saturated rings. The number of rotatable bonds is 10. The van der Waals surface area contributed by atoms with E-state index in [-0.39, 0.29) is 17.3 Å². The molecule has 0 bridgehead atoms. The monoisotopic (exact) mass is 545 g/mol. The smallest absolute Gasteiger partial charge is 0.338 e. The molecule has 1 heterocycles. The average molecular weight is 546 g/mol. The highest BCUT2D eigenvalue weighted by molar-refractivity contribution is 6.48. The number of hydrogen-bond acceptors (Lipinski definition) is 6. The summed E-state index contributed by atoms with van der Waals surface area (Å²) in [5.41, 5.74) is 2.99. The first kappa shape index (κ1) is 27.6. The fourth-order valence-corrected chi connectivity index (χ4v) is 4.15. The third-order valence-corrected chi connectivity index (χ3v) is 6.49. The van der Waals surface area contributed by atoms with Crippen LogP contribution in [0.1, 0.15) is 51.6 Å². The molecule has 0 radical (unpaired) electrons. The van der Waals surface area contributed by atoms with Gasteiger partial charge in [-0.05, 0) is 54.8 Å². The lowest BCUT2D eigenvalue weighted by atomic mass is 10.1. The van der Waals surface area contributed by atoms with Crippen molar-refractivity contribution < 1.29 is 23.9 Å². The Balaban J connectivity index is 1.47. The standard InChI is InChI=1S/C30H28ClN3O5/c1-3-4-15-39-30(38)22-11-8-12-23(16-22)32-27(35)21-14-13-19(2)24(17-21)33-26-25(31)28(36)34(29(26)37)18-20-9-6-5-7-10-20/h5-14,16-17,33H,3-4,15,18H2,1-2H3,(H,32,35). The summed E-state index contributed by atoms with van der Waals surface area (Å²) in [7, 11) is 0. The number of aryl methyl sites for hydroxylation is 1. The Morgan fingerprint density at radius 1 is 0.923 bits per heavy atom. The van der Waals surface area contributed by atoms with E-state index in [0.717, 1.165) is 28.9 Å². The predicted molar refractivity (Wildman–Crippen MR) is 149 cm³/mol. The second-order valence-corrected chi connectivity index (χ2v) is 9.43. The van der Waals surface area contributed by atoms with Crippen molar-refractivity contribution in [3.63, 3.8) is 0 Å². The number of nitrogens with one attached hydrogen (secondary N) is 2. The fraction of sp³-hybridized carbons (Fsp3) is 0.200. The molecule has 39 heavy (non-hydrogen) atoms. The molecule has 1 aliphatic heterocycles. The minimum Gasteiger partial charge on any atom is -0.462 e. The van der Waals surface area contributed by atoms with Crippen molar-refractivity contribution >= 4 is 46.7 Å². The highest BCUT2D eigenvalue weighted by Gasteiger charge is 2.38. The molecule has 200 valence electrons. The van der Waals surface area contributed by atoms with Crippen molar-refractivity contribution in [3.05, 3.63) is 106 Å². The minimum atomic E-state index is -0.590. The van der Waals surface area contributed by atoms with Crippen LogP contribution < -0.4 is 10.6 Å². The number of hydrogen-bond donors (Lipinski definition) is 2. The first-order valence-corrected chi connectivity index (χ1v) is 12.9. The molecule has 0 atom stereocenters. The van der Waals surface area contributed by atoms with E-state index in [1.165, 1.54) is 0 Å². The van der Waals surface area contributed by atoms with E-state index in [1.54, 1.807) is 49.4 Å². The SMILES string of the molecule is CCCCOC(=O)c1cccc(NC(=O)c2ccc(C)c(NC3=C(Cl)C(=O)N(Cc4ccccc4)C3=O)c2)c1. The number of imide groups is 1. The van der Waals surface area contributed by atoms with Crippen LogP contribution in [-0.2, 0) is 20.9 Å².